The first-order valence-electron chi connectivity index (χ1n) is 11.3. The second-order valence-corrected chi connectivity index (χ2v) is 10.3. The zero-order chi connectivity index (χ0) is 25.7. The zero-order valence-electron chi connectivity index (χ0n) is 20.0. The molecular formula is C26H27N3O6S. The Labute approximate surface area is 210 Å². The van der Waals surface area contributed by atoms with Gasteiger partial charge in [0.15, 0.2) is 6.10 Å². The molecule has 1 N–H and O–H groups in total. The van der Waals surface area contributed by atoms with Crippen LogP contribution in [0, 0.1) is 0 Å². The van der Waals surface area contributed by atoms with E-state index in [0.717, 1.165) is 9.87 Å². The summed E-state index contributed by atoms with van der Waals surface area (Å²) in [5.74, 6) is 0.0448. The number of amides is 2. The van der Waals surface area contributed by atoms with Crippen molar-refractivity contribution >= 4 is 27.5 Å². The molecule has 1 aliphatic heterocycles. The van der Waals surface area contributed by atoms with Crippen LogP contribution >= 0.6 is 0 Å². The number of para-hydroxylation sites is 2. The van der Waals surface area contributed by atoms with Gasteiger partial charge in [-0.05, 0) is 42.0 Å². The number of sulfonamides is 1. The molecule has 1 aliphatic rings. The average molecular weight is 510 g/mol. The fourth-order valence-corrected chi connectivity index (χ4v) is 4.91. The first-order valence-corrected chi connectivity index (χ1v) is 12.7. The zero-order valence-corrected chi connectivity index (χ0v) is 20.8. The highest BCUT2D eigenvalue weighted by Gasteiger charge is 2.35. The van der Waals surface area contributed by atoms with E-state index in [-0.39, 0.29) is 17.3 Å². The largest absolute Gasteiger partial charge is 0.497 e. The number of carbonyl (C=O) groups excluding carboxylic acids is 2. The molecule has 0 aliphatic carbocycles. The summed E-state index contributed by atoms with van der Waals surface area (Å²) in [6, 6.07) is 22.2. The predicted octanol–water partition coefficient (Wildman–Crippen LogP) is 2.43. The Balaban J connectivity index is 1.49. The highest BCUT2D eigenvalue weighted by Crippen LogP contribution is 2.33. The van der Waals surface area contributed by atoms with Crippen LogP contribution in [0.15, 0.2) is 83.8 Å². The van der Waals surface area contributed by atoms with Gasteiger partial charge in [0.05, 0.1) is 30.8 Å². The second-order valence-electron chi connectivity index (χ2n) is 8.22. The molecule has 0 spiro atoms. The lowest BCUT2D eigenvalue weighted by atomic mass is 10.1. The van der Waals surface area contributed by atoms with Crippen LogP contribution in [-0.2, 0) is 26.2 Å². The molecule has 0 radical (unpaired) electrons. The van der Waals surface area contributed by atoms with Gasteiger partial charge in [0.1, 0.15) is 11.5 Å². The van der Waals surface area contributed by atoms with E-state index in [1.807, 2.05) is 30.3 Å². The number of carbonyl (C=O) groups is 2. The number of nitrogens with one attached hydrogen (secondary N) is 1. The lowest BCUT2D eigenvalue weighted by Gasteiger charge is -2.35. The summed E-state index contributed by atoms with van der Waals surface area (Å²) in [5, 5.41) is 2.84. The molecule has 3 aromatic rings. The van der Waals surface area contributed by atoms with Crippen LogP contribution in [0.2, 0.25) is 0 Å². The van der Waals surface area contributed by atoms with Gasteiger partial charge in [-0.3, -0.25) is 9.59 Å². The van der Waals surface area contributed by atoms with Crippen molar-refractivity contribution in [2.75, 3.05) is 32.1 Å². The molecule has 0 bridgehead atoms. The molecule has 10 heteroatoms. The van der Waals surface area contributed by atoms with Gasteiger partial charge >= 0.3 is 0 Å². The highest BCUT2D eigenvalue weighted by atomic mass is 32.2. The molecule has 1 heterocycles. The fourth-order valence-electron chi connectivity index (χ4n) is 3.79. The number of nitrogens with zero attached hydrogens (tertiary/aromatic N) is 2. The molecule has 0 saturated heterocycles. The van der Waals surface area contributed by atoms with Gasteiger partial charge in [-0.1, -0.05) is 42.5 Å². The molecule has 1 unspecified atom stereocenters. The predicted molar refractivity (Wildman–Crippen MR) is 134 cm³/mol. The molecule has 4 rings (SSSR count). The summed E-state index contributed by atoms with van der Waals surface area (Å²) in [6.45, 7) is -0.147. The number of hydrogen-bond donors (Lipinski definition) is 1. The van der Waals surface area contributed by atoms with E-state index in [1.54, 1.807) is 36.4 Å². The van der Waals surface area contributed by atoms with Gasteiger partial charge in [0.25, 0.3) is 5.91 Å². The van der Waals surface area contributed by atoms with Gasteiger partial charge in [0, 0.05) is 13.6 Å². The van der Waals surface area contributed by atoms with Crippen LogP contribution in [0.5, 0.6) is 11.5 Å². The molecule has 0 saturated carbocycles. The van der Waals surface area contributed by atoms with Crippen LogP contribution in [0.3, 0.4) is 0 Å². The number of benzene rings is 3. The Bertz CT molecular complexity index is 1330. The summed E-state index contributed by atoms with van der Waals surface area (Å²) in [4.78, 5) is 27.6. The van der Waals surface area contributed by atoms with E-state index in [9.17, 15) is 18.0 Å². The second kappa shape index (κ2) is 10.8. The quantitative estimate of drug-likeness (QED) is 0.500. The first-order chi connectivity index (χ1) is 17.3. The number of fused-ring (bicyclic) bond motifs is 1. The molecule has 0 aromatic heterocycles. The van der Waals surface area contributed by atoms with Crippen molar-refractivity contribution < 1.29 is 27.5 Å². The maximum atomic E-state index is 13.3. The van der Waals surface area contributed by atoms with Crippen LogP contribution < -0.4 is 19.7 Å². The molecule has 3 aromatic carbocycles. The van der Waals surface area contributed by atoms with E-state index < -0.39 is 28.6 Å². The third-order valence-electron chi connectivity index (χ3n) is 5.80. The van der Waals surface area contributed by atoms with Crippen molar-refractivity contribution in [2.45, 2.75) is 17.5 Å². The Kier molecular flexibility index (Phi) is 7.56. The van der Waals surface area contributed by atoms with Gasteiger partial charge in [-0.2, -0.15) is 4.31 Å². The number of likely N-dealkylation sites (N-methyl/N-ethyl adjacent to an activating group) is 1. The van der Waals surface area contributed by atoms with Crippen LogP contribution in [0.25, 0.3) is 0 Å². The number of ether oxygens (including phenoxy) is 2. The van der Waals surface area contributed by atoms with Crippen molar-refractivity contribution in [3.63, 3.8) is 0 Å². The Morgan fingerprint density at radius 3 is 2.39 bits per heavy atom. The van der Waals surface area contributed by atoms with Gasteiger partial charge in [-0.25, -0.2) is 8.42 Å². The molecule has 9 nitrogen and oxygen atoms in total. The third kappa shape index (κ3) is 5.50. The number of rotatable bonds is 8. The van der Waals surface area contributed by atoms with Crippen molar-refractivity contribution in [3.8, 4) is 11.5 Å². The van der Waals surface area contributed by atoms with Crippen molar-refractivity contribution in [1.82, 2.24) is 9.62 Å². The fraction of sp³-hybridized carbons (Fsp3) is 0.231. The third-order valence-corrected chi connectivity index (χ3v) is 7.62. The normalized spacial score (nSPS) is 15.1. The van der Waals surface area contributed by atoms with E-state index in [2.05, 4.69) is 5.32 Å². The highest BCUT2D eigenvalue weighted by molar-refractivity contribution is 7.89. The minimum absolute atomic E-state index is 0.0409. The number of methoxy groups -OCH3 is 1. The van der Waals surface area contributed by atoms with Crippen LogP contribution in [0.4, 0.5) is 5.69 Å². The van der Waals surface area contributed by atoms with E-state index in [0.29, 0.717) is 23.7 Å². The van der Waals surface area contributed by atoms with E-state index in [4.69, 9.17) is 9.47 Å². The summed E-state index contributed by atoms with van der Waals surface area (Å²) in [6.07, 6.45) is -0.948. The van der Waals surface area contributed by atoms with Crippen molar-refractivity contribution in [1.29, 1.82) is 0 Å². The van der Waals surface area contributed by atoms with Gasteiger partial charge in [0.2, 0.25) is 15.9 Å². The summed E-state index contributed by atoms with van der Waals surface area (Å²) in [7, 11) is -1.09. The van der Waals surface area contributed by atoms with Crippen molar-refractivity contribution in [3.05, 3.63) is 84.4 Å². The lowest BCUT2D eigenvalue weighted by molar-refractivity contribution is -0.128. The van der Waals surface area contributed by atoms with E-state index in [1.165, 1.54) is 31.2 Å². The average Bonchev–Trinajstić information content (AvgIpc) is 2.91. The van der Waals surface area contributed by atoms with Crippen LogP contribution in [0.1, 0.15) is 5.56 Å². The van der Waals surface area contributed by atoms with Gasteiger partial charge in [-0.15, -0.1) is 0 Å². The number of hydrogen-bond acceptors (Lipinski definition) is 6. The summed E-state index contributed by atoms with van der Waals surface area (Å²) >= 11 is 0. The monoisotopic (exact) mass is 509 g/mol. The Hall–Kier alpha value is -3.89. The molecule has 188 valence electrons. The van der Waals surface area contributed by atoms with Gasteiger partial charge < -0.3 is 19.7 Å². The maximum absolute atomic E-state index is 13.3. The van der Waals surface area contributed by atoms with Crippen molar-refractivity contribution in [2.24, 2.45) is 0 Å². The topological polar surface area (TPSA) is 105 Å². The number of anilines is 1. The molecule has 0 fully saturated rings. The molecular weight excluding hydrogens is 482 g/mol. The maximum Gasteiger partial charge on any atom is 0.263 e. The summed E-state index contributed by atoms with van der Waals surface area (Å²) < 4.78 is 38.0. The Morgan fingerprint density at radius 1 is 1.03 bits per heavy atom. The lowest BCUT2D eigenvalue weighted by Crippen LogP contribution is -2.52. The molecule has 2 amide bonds. The smallest absolute Gasteiger partial charge is 0.263 e. The van der Waals surface area contributed by atoms with Crippen LogP contribution in [-0.4, -0.2) is 57.9 Å². The Morgan fingerprint density at radius 2 is 1.69 bits per heavy atom. The standard InChI is InChI=1S/C26H27N3O6S/c1-28(36(32,33)21-14-12-20(34-2)13-15-21)18-25(30)29-17-24(35-23-11-7-6-10-22(23)29)26(31)27-16-19-8-4-3-5-9-19/h3-15,24H,16-18H2,1-2H3,(H,27,31). The minimum atomic E-state index is -3.92. The molecule has 1 atom stereocenters. The summed E-state index contributed by atoms with van der Waals surface area (Å²) in [5.41, 5.74) is 1.41. The first kappa shape index (κ1) is 25.2. The van der Waals surface area contributed by atoms with E-state index >= 15 is 0 Å². The SMILES string of the molecule is COc1ccc(S(=O)(=O)N(C)CC(=O)N2CC(C(=O)NCc3ccccc3)Oc3ccccc32)cc1. The molecule has 36 heavy (non-hydrogen) atoms. The minimum Gasteiger partial charge on any atom is -0.497 e.